The summed E-state index contributed by atoms with van der Waals surface area (Å²) >= 11 is 0. The van der Waals surface area contributed by atoms with Crippen molar-refractivity contribution in [2.75, 3.05) is 0 Å². The van der Waals surface area contributed by atoms with Crippen LogP contribution in [0.25, 0.3) is 21.7 Å². The maximum absolute atomic E-state index is 12.4. The minimum Gasteiger partial charge on any atom is -0.464 e. The van der Waals surface area contributed by atoms with E-state index in [0.29, 0.717) is 5.75 Å². The Morgan fingerprint density at radius 2 is 1.80 bits per heavy atom. The highest BCUT2D eigenvalue weighted by atomic mass is 16.5. The highest BCUT2D eigenvalue weighted by Crippen LogP contribution is 2.27. The van der Waals surface area contributed by atoms with Crippen LogP contribution >= 0.6 is 0 Å². The fraction of sp³-hybridized carbons (Fsp3) is 0.136. The molecule has 0 amide bonds. The average Bonchev–Trinajstić information content (AvgIpc) is 2.97. The van der Waals surface area contributed by atoms with Crippen LogP contribution in [0.4, 0.5) is 0 Å². The summed E-state index contributed by atoms with van der Waals surface area (Å²) in [5.41, 5.74) is 3.92. The monoisotopic (exact) mass is 330 g/mol. The normalized spacial score (nSPS) is 11.1. The number of ether oxygens (including phenoxy) is 1. The predicted octanol–water partition coefficient (Wildman–Crippen LogP) is 5.35. The molecule has 4 aromatic rings. The van der Waals surface area contributed by atoms with E-state index in [1.807, 2.05) is 62.4 Å². The number of esters is 1. The van der Waals surface area contributed by atoms with E-state index in [0.717, 1.165) is 38.4 Å². The van der Waals surface area contributed by atoms with E-state index in [2.05, 4.69) is 6.07 Å². The third-order valence-corrected chi connectivity index (χ3v) is 4.38. The van der Waals surface area contributed by atoms with E-state index < -0.39 is 0 Å². The van der Waals surface area contributed by atoms with E-state index in [1.54, 1.807) is 6.26 Å². The van der Waals surface area contributed by atoms with Gasteiger partial charge in [-0.05, 0) is 53.9 Å². The lowest BCUT2D eigenvalue weighted by molar-refractivity contribution is -0.133. The van der Waals surface area contributed by atoms with E-state index in [4.69, 9.17) is 9.15 Å². The van der Waals surface area contributed by atoms with E-state index in [1.165, 1.54) is 0 Å². The molecule has 1 aromatic heterocycles. The van der Waals surface area contributed by atoms with Crippen molar-refractivity contribution < 1.29 is 13.9 Å². The first kappa shape index (κ1) is 15.5. The summed E-state index contributed by atoms with van der Waals surface area (Å²) in [5.74, 6) is 0.266. The lowest BCUT2D eigenvalue weighted by Gasteiger charge is -2.06. The smallest absolute Gasteiger partial charge is 0.315 e. The van der Waals surface area contributed by atoms with Gasteiger partial charge in [0.2, 0.25) is 0 Å². The molecule has 0 bridgehead atoms. The Hall–Kier alpha value is -3.07. The minimum atomic E-state index is -0.294. The first-order valence-electron chi connectivity index (χ1n) is 8.27. The second-order valence-corrected chi connectivity index (χ2v) is 6.38. The van der Waals surface area contributed by atoms with Gasteiger partial charge in [0.15, 0.2) is 0 Å². The van der Waals surface area contributed by atoms with Crippen molar-refractivity contribution in [2.24, 2.45) is 0 Å². The summed E-state index contributed by atoms with van der Waals surface area (Å²) in [4.78, 5) is 12.4. The molecule has 0 radical (unpaired) electrons. The Morgan fingerprint density at radius 1 is 1.00 bits per heavy atom. The second-order valence-electron chi connectivity index (χ2n) is 6.38. The van der Waals surface area contributed by atoms with Crippen molar-refractivity contribution >= 4 is 27.7 Å². The van der Waals surface area contributed by atoms with Gasteiger partial charge in [0.05, 0.1) is 12.7 Å². The molecule has 3 nitrogen and oxygen atoms in total. The molecule has 0 spiro atoms. The SMILES string of the molecule is Cc1cc(C)c2c(CC(=O)Oc3ccc4ccccc4c3)coc2c1. The molecule has 4 rings (SSSR count). The Morgan fingerprint density at radius 3 is 2.64 bits per heavy atom. The number of benzene rings is 3. The minimum absolute atomic E-state index is 0.184. The van der Waals surface area contributed by atoms with Crippen molar-refractivity contribution in [3.05, 3.63) is 77.6 Å². The molecule has 0 saturated carbocycles. The van der Waals surface area contributed by atoms with Gasteiger partial charge >= 0.3 is 5.97 Å². The zero-order valence-electron chi connectivity index (χ0n) is 14.2. The van der Waals surface area contributed by atoms with Gasteiger partial charge in [-0.2, -0.15) is 0 Å². The summed E-state index contributed by atoms with van der Waals surface area (Å²) in [5, 5.41) is 3.17. The molecule has 1 heterocycles. The Kier molecular flexibility index (Phi) is 3.77. The summed E-state index contributed by atoms with van der Waals surface area (Å²) < 4.78 is 11.1. The summed E-state index contributed by atoms with van der Waals surface area (Å²) in [6.07, 6.45) is 1.84. The number of furan rings is 1. The van der Waals surface area contributed by atoms with Crippen molar-refractivity contribution in [3.63, 3.8) is 0 Å². The molecule has 25 heavy (non-hydrogen) atoms. The third kappa shape index (κ3) is 3.01. The maximum atomic E-state index is 12.4. The number of aryl methyl sites for hydroxylation is 2. The van der Waals surface area contributed by atoms with Crippen LogP contribution in [0.2, 0.25) is 0 Å². The van der Waals surface area contributed by atoms with Crippen molar-refractivity contribution in [1.29, 1.82) is 0 Å². The lowest BCUT2D eigenvalue weighted by atomic mass is 10.0. The topological polar surface area (TPSA) is 39.4 Å². The first-order chi connectivity index (χ1) is 12.1. The largest absolute Gasteiger partial charge is 0.464 e. The maximum Gasteiger partial charge on any atom is 0.315 e. The molecule has 0 atom stereocenters. The summed E-state index contributed by atoms with van der Waals surface area (Å²) in [6, 6.07) is 17.7. The lowest BCUT2D eigenvalue weighted by Crippen LogP contribution is -2.11. The molecule has 0 aliphatic rings. The van der Waals surface area contributed by atoms with E-state index in [9.17, 15) is 4.79 Å². The Bertz CT molecular complexity index is 1090. The van der Waals surface area contributed by atoms with Crippen molar-refractivity contribution in [3.8, 4) is 5.75 Å². The standard InChI is InChI=1S/C22H18O3/c1-14-9-15(2)22-18(13-24-20(22)10-14)12-21(23)25-19-8-7-16-5-3-4-6-17(16)11-19/h3-11,13H,12H2,1-2H3. The number of carbonyl (C=O) groups excluding carboxylic acids is 1. The van der Waals surface area contributed by atoms with Crippen LogP contribution in [0.15, 0.2) is 65.3 Å². The molecule has 124 valence electrons. The fourth-order valence-electron chi connectivity index (χ4n) is 3.31. The summed E-state index contributed by atoms with van der Waals surface area (Å²) in [7, 11) is 0. The molecule has 3 aromatic carbocycles. The van der Waals surface area contributed by atoms with Crippen LogP contribution in [0.5, 0.6) is 5.75 Å². The Labute approximate surface area is 145 Å². The molecule has 0 saturated heterocycles. The van der Waals surface area contributed by atoms with Gasteiger partial charge in [0.25, 0.3) is 0 Å². The number of carbonyl (C=O) groups is 1. The Balaban J connectivity index is 1.57. The number of hydrogen-bond acceptors (Lipinski definition) is 3. The summed E-state index contributed by atoms with van der Waals surface area (Å²) in [6.45, 7) is 4.06. The van der Waals surface area contributed by atoms with Crippen molar-refractivity contribution in [2.45, 2.75) is 20.3 Å². The highest BCUT2D eigenvalue weighted by molar-refractivity contribution is 5.90. The number of fused-ring (bicyclic) bond motifs is 2. The van der Waals surface area contributed by atoms with Crippen molar-refractivity contribution in [1.82, 2.24) is 0 Å². The highest BCUT2D eigenvalue weighted by Gasteiger charge is 2.14. The van der Waals surface area contributed by atoms with Crippen LogP contribution in [-0.2, 0) is 11.2 Å². The average molecular weight is 330 g/mol. The van der Waals surface area contributed by atoms with Gasteiger partial charge in [0.1, 0.15) is 11.3 Å². The van der Waals surface area contributed by atoms with Gasteiger partial charge in [0, 0.05) is 10.9 Å². The first-order valence-corrected chi connectivity index (χ1v) is 8.27. The van der Waals surface area contributed by atoms with Crippen LogP contribution < -0.4 is 4.74 Å². The van der Waals surface area contributed by atoms with Gasteiger partial charge < -0.3 is 9.15 Å². The van der Waals surface area contributed by atoms with Gasteiger partial charge in [-0.3, -0.25) is 4.79 Å². The van der Waals surface area contributed by atoms with Crippen LogP contribution in [0.3, 0.4) is 0 Å². The second kappa shape index (κ2) is 6.10. The molecular weight excluding hydrogens is 312 g/mol. The zero-order chi connectivity index (χ0) is 17.4. The predicted molar refractivity (Wildman–Crippen MR) is 99.0 cm³/mol. The third-order valence-electron chi connectivity index (χ3n) is 4.38. The van der Waals surface area contributed by atoms with Gasteiger partial charge in [-0.25, -0.2) is 0 Å². The quantitative estimate of drug-likeness (QED) is 0.375. The molecule has 3 heteroatoms. The number of hydrogen-bond donors (Lipinski definition) is 0. The fourth-order valence-corrected chi connectivity index (χ4v) is 3.31. The van der Waals surface area contributed by atoms with Crippen LogP contribution in [0, 0.1) is 13.8 Å². The van der Waals surface area contributed by atoms with E-state index in [-0.39, 0.29) is 12.4 Å². The van der Waals surface area contributed by atoms with Crippen LogP contribution in [-0.4, -0.2) is 5.97 Å². The van der Waals surface area contributed by atoms with Gasteiger partial charge in [-0.15, -0.1) is 0 Å². The van der Waals surface area contributed by atoms with Crippen LogP contribution in [0.1, 0.15) is 16.7 Å². The molecule has 0 fully saturated rings. The molecule has 0 N–H and O–H groups in total. The molecule has 0 aliphatic heterocycles. The van der Waals surface area contributed by atoms with Gasteiger partial charge in [-0.1, -0.05) is 36.4 Å². The molecule has 0 aliphatic carbocycles. The molecule has 0 unspecified atom stereocenters. The van der Waals surface area contributed by atoms with E-state index >= 15 is 0 Å². The number of rotatable bonds is 3. The molecular formula is C22H18O3. The zero-order valence-corrected chi connectivity index (χ0v) is 14.2.